The lowest BCUT2D eigenvalue weighted by molar-refractivity contribution is 0.101. The zero-order chi connectivity index (χ0) is 16.6. The first-order valence-corrected chi connectivity index (χ1v) is 7.91. The van der Waals surface area contributed by atoms with Gasteiger partial charge in [0.25, 0.3) is 5.91 Å². The molecule has 7 heteroatoms. The van der Waals surface area contributed by atoms with Crippen LogP contribution in [-0.2, 0) is 5.41 Å². The monoisotopic (exact) mass is 373 g/mol. The van der Waals surface area contributed by atoms with Crippen molar-refractivity contribution in [1.29, 1.82) is 0 Å². The number of halogens is 1. The number of carbonyl (C=O) groups is 1. The fourth-order valence-corrected chi connectivity index (χ4v) is 2.42. The van der Waals surface area contributed by atoms with Crippen molar-refractivity contribution in [2.45, 2.75) is 26.2 Å². The molecule has 1 aromatic carbocycles. The summed E-state index contributed by atoms with van der Waals surface area (Å²) in [7, 11) is 0. The largest absolute Gasteiger partial charge is 0.270 e. The number of nitrogens with one attached hydrogen (secondary N) is 1. The maximum absolute atomic E-state index is 12.3. The van der Waals surface area contributed by atoms with Crippen molar-refractivity contribution in [3.63, 3.8) is 0 Å². The lowest BCUT2D eigenvalue weighted by Gasteiger charge is -2.12. The molecule has 2 heterocycles. The summed E-state index contributed by atoms with van der Waals surface area (Å²) < 4.78 is 2.34. The molecule has 2 aliphatic heterocycles. The number of carbonyl (C=O) groups excluding carboxylic acids is 1. The van der Waals surface area contributed by atoms with Gasteiger partial charge in [-0.3, -0.25) is 10.2 Å². The zero-order valence-corrected chi connectivity index (χ0v) is 14.6. The minimum Gasteiger partial charge on any atom is -0.267 e. The molecular weight excluding hydrogens is 358 g/mol. The second-order valence-electron chi connectivity index (χ2n) is 6.24. The fourth-order valence-electron chi connectivity index (χ4n) is 2.02. The first kappa shape index (κ1) is 15.6. The van der Waals surface area contributed by atoms with Gasteiger partial charge in [-0.25, -0.2) is 19.6 Å². The summed E-state index contributed by atoms with van der Waals surface area (Å²) in [5, 5.41) is 0. The topological polar surface area (TPSA) is 72.7 Å². The van der Waals surface area contributed by atoms with E-state index in [4.69, 9.17) is 0 Å². The van der Waals surface area contributed by atoms with Crippen LogP contribution in [0.25, 0.3) is 11.5 Å². The smallest absolute Gasteiger partial charge is 0.267 e. The van der Waals surface area contributed by atoms with E-state index in [-0.39, 0.29) is 11.3 Å². The predicted molar refractivity (Wildman–Crippen MR) is 91.0 cm³/mol. The molecule has 1 aromatic rings. The van der Waals surface area contributed by atoms with E-state index in [9.17, 15) is 4.79 Å². The molecule has 0 spiro atoms. The first-order chi connectivity index (χ1) is 10.8. The number of imidazole rings is 1. The first-order valence-electron chi connectivity index (χ1n) is 7.12. The van der Waals surface area contributed by atoms with Gasteiger partial charge in [-0.1, -0.05) is 42.8 Å². The summed E-state index contributed by atoms with van der Waals surface area (Å²) in [6, 6.07) is 7.17. The summed E-state index contributed by atoms with van der Waals surface area (Å²) in [5.74, 6) is 1.08. The zero-order valence-electron chi connectivity index (χ0n) is 13.0. The third-order valence-electron chi connectivity index (χ3n) is 3.22. The molecule has 118 valence electrons. The summed E-state index contributed by atoms with van der Waals surface area (Å²) in [5.41, 5.74) is 3.80. The molecular formula is C16H16BrN5O. The van der Waals surface area contributed by atoms with E-state index in [0.29, 0.717) is 17.1 Å². The van der Waals surface area contributed by atoms with E-state index in [1.54, 1.807) is 18.3 Å². The SMILES string of the molecule is CC(C)(C)c1nc2cn(NC(=O)c3cccc(Br)c3)cnc-2n1. The number of benzene rings is 1. The quantitative estimate of drug-likeness (QED) is 0.748. The van der Waals surface area contributed by atoms with Gasteiger partial charge >= 0.3 is 0 Å². The molecule has 1 N–H and O–H groups in total. The van der Waals surface area contributed by atoms with Crippen molar-refractivity contribution >= 4 is 21.8 Å². The minimum absolute atomic E-state index is 0.148. The van der Waals surface area contributed by atoms with Crippen LogP contribution in [0.5, 0.6) is 0 Å². The Hall–Kier alpha value is -2.28. The number of aromatic nitrogens is 4. The summed E-state index contributed by atoms with van der Waals surface area (Å²) in [4.78, 5) is 25.4. The molecule has 0 aliphatic carbocycles. The van der Waals surface area contributed by atoms with Crippen LogP contribution in [0.2, 0.25) is 0 Å². The van der Waals surface area contributed by atoms with Crippen molar-refractivity contribution < 1.29 is 4.79 Å². The third kappa shape index (κ3) is 3.39. The summed E-state index contributed by atoms with van der Waals surface area (Å²) in [6.45, 7) is 6.14. The molecule has 0 saturated carbocycles. The van der Waals surface area contributed by atoms with E-state index in [2.05, 4.69) is 36.3 Å². The van der Waals surface area contributed by atoms with Gasteiger partial charge in [0.15, 0.2) is 5.82 Å². The molecule has 1 amide bonds. The Morgan fingerprint density at radius 3 is 2.74 bits per heavy atom. The Kier molecular flexibility index (Phi) is 3.89. The van der Waals surface area contributed by atoms with Crippen molar-refractivity contribution in [3.05, 3.63) is 52.7 Å². The maximum Gasteiger partial charge on any atom is 0.270 e. The van der Waals surface area contributed by atoms with E-state index >= 15 is 0 Å². The number of amides is 1. The lowest BCUT2D eigenvalue weighted by atomic mass is 9.96. The van der Waals surface area contributed by atoms with Crippen LogP contribution in [0.3, 0.4) is 0 Å². The molecule has 3 rings (SSSR count). The van der Waals surface area contributed by atoms with Crippen molar-refractivity contribution in [2.75, 3.05) is 5.43 Å². The van der Waals surface area contributed by atoms with Gasteiger partial charge in [-0.05, 0) is 18.2 Å². The van der Waals surface area contributed by atoms with Crippen LogP contribution < -0.4 is 5.43 Å². The highest BCUT2D eigenvalue weighted by Gasteiger charge is 2.23. The molecule has 23 heavy (non-hydrogen) atoms. The van der Waals surface area contributed by atoms with Gasteiger partial charge in [-0.2, -0.15) is 0 Å². The average Bonchev–Trinajstić information content (AvgIpc) is 2.90. The van der Waals surface area contributed by atoms with Crippen LogP contribution in [0.15, 0.2) is 41.3 Å². The van der Waals surface area contributed by atoms with Gasteiger partial charge in [0.1, 0.15) is 17.8 Å². The van der Waals surface area contributed by atoms with Crippen LogP contribution in [0, 0.1) is 0 Å². The van der Waals surface area contributed by atoms with Crippen molar-refractivity contribution in [2.24, 2.45) is 0 Å². The number of rotatable bonds is 2. The van der Waals surface area contributed by atoms with Crippen LogP contribution in [-0.4, -0.2) is 25.5 Å². The maximum atomic E-state index is 12.3. The Labute approximate surface area is 142 Å². The van der Waals surface area contributed by atoms with E-state index in [1.807, 2.05) is 32.9 Å². The molecule has 0 fully saturated rings. The van der Waals surface area contributed by atoms with E-state index in [1.165, 1.54) is 11.0 Å². The van der Waals surface area contributed by atoms with Gasteiger partial charge < -0.3 is 0 Å². The highest BCUT2D eigenvalue weighted by Crippen LogP contribution is 2.24. The van der Waals surface area contributed by atoms with Gasteiger partial charge in [0, 0.05) is 15.5 Å². The Morgan fingerprint density at radius 2 is 2.04 bits per heavy atom. The third-order valence-corrected chi connectivity index (χ3v) is 3.71. The number of nitrogens with zero attached hydrogens (tertiary/aromatic N) is 4. The van der Waals surface area contributed by atoms with Gasteiger partial charge in [0.05, 0.1) is 6.20 Å². The van der Waals surface area contributed by atoms with Gasteiger partial charge in [0.2, 0.25) is 0 Å². The molecule has 2 aliphatic rings. The molecule has 0 bridgehead atoms. The fraction of sp³-hybridized carbons (Fsp3) is 0.250. The van der Waals surface area contributed by atoms with Crippen LogP contribution >= 0.6 is 15.9 Å². The van der Waals surface area contributed by atoms with Gasteiger partial charge in [-0.15, -0.1) is 0 Å². The van der Waals surface area contributed by atoms with Crippen molar-refractivity contribution in [1.82, 2.24) is 19.6 Å². The Morgan fingerprint density at radius 1 is 1.26 bits per heavy atom. The van der Waals surface area contributed by atoms with Crippen LogP contribution in [0.4, 0.5) is 0 Å². The standard InChI is InChI=1S/C16H16BrN5O/c1-16(2,3)15-19-12-8-22(9-18-13(12)20-15)21-14(23)10-5-4-6-11(17)7-10/h4-9H,1-3H3,(H,21,23). The normalized spacial score (nSPS) is 11.7. The second kappa shape index (κ2) is 5.73. The van der Waals surface area contributed by atoms with E-state index < -0.39 is 0 Å². The summed E-state index contributed by atoms with van der Waals surface area (Å²) >= 11 is 3.35. The molecule has 0 atom stereocenters. The van der Waals surface area contributed by atoms with Crippen LogP contribution in [0.1, 0.15) is 37.0 Å². The highest BCUT2D eigenvalue weighted by molar-refractivity contribution is 9.10. The lowest BCUT2D eigenvalue weighted by Crippen LogP contribution is -2.23. The molecule has 0 saturated heterocycles. The van der Waals surface area contributed by atoms with Crippen molar-refractivity contribution in [3.8, 4) is 11.5 Å². The number of hydrogen-bond acceptors (Lipinski definition) is 4. The summed E-state index contributed by atoms with van der Waals surface area (Å²) in [6.07, 6.45) is 3.22. The molecule has 0 radical (unpaired) electrons. The second-order valence-corrected chi connectivity index (χ2v) is 7.15. The molecule has 6 nitrogen and oxygen atoms in total. The Bertz CT molecular complexity index is 837. The van der Waals surface area contributed by atoms with E-state index in [0.717, 1.165) is 10.3 Å². The predicted octanol–water partition coefficient (Wildman–Crippen LogP) is 3.22. The molecule has 0 unspecified atom stereocenters. The highest BCUT2D eigenvalue weighted by atomic mass is 79.9. The molecule has 0 aromatic heterocycles. The minimum atomic E-state index is -0.229. The Balaban J connectivity index is 1.87. The number of hydrogen-bond donors (Lipinski definition) is 1. The number of fused-ring (bicyclic) bond motifs is 1. The average molecular weight is 374 g/mol.